The highest BCUT2D eigenvalue weighted by atomic mass is 16.5. The van der Waals surface area contributed by atoms with E-state index in [0.29, 0.717) is 59.5 Å². The molecular formula is C32H42O7. The molecule has 0 radical (unpaired) electrons. The Labute approximate surface area is 232 Å². The van der Waals surface area contributed by atoms with E-state index in [1.54, 1.807) is 0 Å². The number of hydrogen-bond acceptors (Lipinski definition) is 7. The van der Waals surface area contributed by atoms with Crippen LogP contribution < -0.4 is 0 Å². The van der Waals surface area contributed by atoms with Crippen molar-refractivity contribution in [2.75, 3.05) is 66.1 Å². The molecule has 1 N–H and O–H groups in total. The number of rotatable bonds is 22. The van der Waals surface area contributed by atoms with Crippen molar-refractivity contribution in [1.82, 2.24) is 0 Å². The molecule has 0 amide bonds. The van der Waals surface area contributed by atoms with Crippen LogP contribution in [0, 0.1) is 5.41 Å². The third-order valence-electron chi connectivity index (χ3n) is 6.01. The molecule has 0 aliphatic rings. The normalized spacial score (nSPS) is 11.6. The first-order chi connectivity index (χ1) is 19.3. The second-order valence-corrected chi connectivity index (χ2v) is 9.43. The lowest BCUT2D eigenvalue weighted by molar-refractivity contribution is -0.108. The van der Waals surface area contributed by atoms with Crippen molar-refractivity contribution in [1.29, 1.82) is 0 Å². The summed E-state index contributed by atoms with van der Waals surface area (Å²) < 4.78 is 34.8. The van der Waals surface area contributed by atoms with Gasteiger partial charge < -0.3 is 33.5 Å². The van der Waals surface area contributed by atoms with Crippen molar-refractivity contribution in [3.05, 3.63) is 108 Å². The third kappa shape index (κ3) is 13.3. The Bertz CT molecular complexity index is 844. The Balaban J connectivity index is 1.36. The lowest BCUT2D eigenvalue weighted by Crippen LogP contribution is -2.41. The van der Waals surface area contributed by atoms with Crippen molar-refractivity contribution in [3.63, 3.8) is 0 Å². The number of aliphatic hydroxyl groups is 1. The molecule has 0 atom stereocenters. The predicted molar refractivity (Wildman–Crippen MR) is 150 cm³/mol. The van der Waals surface area contributed by atoms with Crippen LogP contribution >= 0.6 is 0 Å². The van der Waals surface area contributed by atoms with Gasteiger partial charge in [-0.1, -0.05) is 91.0 Å². The van der Waals surface area contributed by atoms with Gasteiger partial charge in [-0.25, -0.2) is 0 Å². The minimum Gasteiger partial charge on any atom is -0.396 e. The molecule has 3 aromatic carbocycles. The van der Waals surface area contributed by atoms with Crippen LogP contribution in [0.3, 0.4) is 0 Å². The van der Waals surface area contributed by atoms with Gasteiger partial charge in [0.25, 0.3) is 0 Å². The van der Waals surface area contributed by atoms with E-state index >= 15 is 0 Å². The molecule has 7 nitrogen and oxygen atoms in total. The van der Waals surface area contributed by atoms with E-state index in [0.717, 1.165) is 16.7 Å². The van der Waals surface area contributed by atoms with Gasteiger partial charge in [-0.05, 0) is 16.7 Å². The lowest BCUT2D eigenvalue weighted by Gasteiger charge is -2.31. The average molecular weight is 539 g/mol. The van der Waals surface area contributed by atoms with E-state index in [9.17, 15) is 5.11 Å². The second kappa shape index (κ2) is 19.4. The highest BCUT2D eigenvalue weighted by Gasteiger charge is 2.31. The molecule has 3 aromatic rings. The summed E-state index contributed by atoms with van der Waals surface area (Å²) in [5.41, 5.74) is 2.66. The van der Waals surface area contributed by atoms with Gasteiger partial charge in [0.05, 0.1) is 91.3 Å². The van der Waals surface area contributed by atoms with Crippen LogP contribution in [-0.4, -0.2) is 71.2 Å². The maximum absolute atomic E-state index is 10.3. The Hall–Kier alpha value is -2.62. The first kappa shape index (κ1) is 30.9. The summed E-state index contributed by atoms with van der Waals surface area (Å²) in [6, 6.07) is 30.1. The fourth-order valence-electron chi connectivity index (χ4n) is 3.77. The first-order valence-corrected chi connectivity index (χ1v) is 13.5. The molecule has 0 aliphatic carbocycles. The number of ether oxygens (including phenoxy) is 6. The zero-order valence-electron chi connectivity index (χ0n) is 22.7. The molecule has 212 valence electrons. The van der Waals surface area contributed by atoms with Crippen molar-refractivity contribution in [2.45, 2.75) is 19.8 Å². The van der Waals surface area contributed by atoms with Crippen LogP contribution in [0.5, 0.6) is 0 Å². The van der Waals surface area contributed by atoms with Gasteiger partial charge in [0.2, 0.25) is 0 Å². The Morgan fingerprint density at radius 3 is 0.974 bits per heavy atom. The maximum Gasteiger partial charge on any atom is 0.0718 e. The number of aliphatic hydroxyl groups excluding tert-OH is 1. The molecule has 0 saturated carbocycles. The first-order valence-electron chi connectivity index (χ1n) is 13.5. The largest absolute Gasteiger partial charge is 0.396 e. The van der Waals surface area contributed by atoms with Crippen LogP contribution in [0.2, 0.25) is 0 Å². The fraction of sp³-hybridized carbons (Fsp3) is 0.438. The van der Waals surface area contributed by atoms with Gasteiger partial charge in [-0.3, -0.25) is 0 Å². The van der Waals surface area contributed by atoms with Gasteiger partial charge in [-0.15, -0.1) is 0 Å². The quantitative estimate of drug-likeness (QED) is 0.186. The molecule has 0 saturated heterocycles. The van der Waals surface area contributed by atoms with Gasteiger partial charge in [-0.2, -0.15) is 0 Å². The molecule has 39 heavy (non-hydrogen) atoms. The van der Waals surface area contributed by atoms with Gasteiger partial charge in [0, 0.05) is 0 Å². The lowest BCUT2D eigenvalue weighted by atomic mass is 9.92. The van der Waals surface area contributed by atoms with E-state index in [-0.39, 0.29) is 26.4 Å². The Morgan fingerprint density at radius 1 is 0.410 bits per heavy atom. The van der Waals surface area contributed by atoms with Crippen molar-refractivity contribution >= 4 is 0 Å². The summed E-state index contributed by atoms with van der Waals surface area (Å²) in [5.74, 6) is 0. The molecule has 0 spiro atoms. The molecule has 0 aromatic heterocycles. The van der Waals surface area contributed by atoms with E-state index in [2.05, 4.69) is 0 Å². The molecular weight excluding hydrogens is 496 g/mol. The van der Waals surface area contributed by atoms with Crippen LogP contribution in [0.1, 0.15) is 16.7 Å². The average Bonchev–Trinajstić information content (AvgIpc) is 2.99. The second-order valence-electron chi connectivity index (χ2n) is 9.43. The molecule has 0 bridgehead atoms. The van der Waals surface area contributed by atoms with E-state index < -0.39 is 5.41 Å². The minimum absolute atomic E-state index is 0.131. The zero-order valence-corrected chi connectivity index (χ0v) is 22.7. The van der Waals surface area contributed by atoms with Gasteiger partial charge in [0.1, 0.15) is 0 Å². The summed E-state index contributed by atoms with van der Waals surface area (Å²) in [6.07, 6.45) is 0. The van der Waals surface area contributed by atoms with E-state index in [1.807, 2.05) is 91.0 Å². The molecule has 0 heterocycles. The monoisotopic (exact) mass is 538 g/mol. The van der Waals surface area contributed by atoms with E-state index in [1.165, 1.54) is 0 Å². The zero-order chi connectivity index (χ0) is 27.3. The summed E-state index contributed by atoms with van der Waals surface area (Å²) >= 11 is 0. The molecule has 0 unspecified atom stereocenters. The minimum atomic E-state index is -0.696. The van der Waals surface area contributed by atoms with E-state index in [4.69, 9.17) is 28.4 Å². The summed E-state index contributed by atoms with van der Waals surface area (Å²) in [4.78, 5) is 0. The smallest absolute Gasteiger partial charge is 0.0718 e. The molecule has 7 heteroatoms. The molecule has 3 rings (SSSR count). The van der Waals surface area contributed by atoms with Crippen LogP contribution in [0.15, 0.2) is 91.0 Å². The Kier molecular flexibility index (Phi) is 15.4. The maximum atomic E-state index is 10.3. The predicted octanol–water partition coefficient (Wildman–Crippen LogP) is 4.67. The van der Waals surface area contributed by atoms with Gasteiger partial charge in [0.15, 0.2) is 0 Å². The number of benzene rings is 3. The Morgan fingerprint density at radius 2 is 0.692 bits per heavy atom. The van der Waals surface area contributed by atoms with Gasteiger partial charge >= 0.3 is 0 Å². The fourth-order valence-corrected chi connectivity index (χ4v) is 3.77. The SMILES string of the molecule is OCC(COCCOCc1ccccc1)(COCCOCc1ccccc1)COCCOCc1ccccc1. The summed E-state index contributed by atoms with van der Waals surface area (Å²) in [6.45, 7) is 4.94. The number of hydrogen-bond donors (Lipinski definition) is 1. The summed E-state index contributed by atoms with van der Waals surface area (Å²) in [5, 5.41) is 10.3. The van der Waals surface area contributed by atoms with Crippen LogP contribution in [0.4, 0.5) is 0 Å². The van der Waals surface area contributed by atoms with Crippen molar-refractivity contribution < 1.29 is 33.5 Å². The van der Waals surface area contributed by atoms with Crippen LogP contribution in [-0.2, 0) is 48.2 Å². The molecule has 0 aliphatic heterocycles. The highest BCUT2D eigenvalue weighted by molar-refractivity contribution is 5.14. The van der Waals surface area contributed by atoms with Crippen LogP contribution in [0.25, 0.3) is 0 Å². The van der Waals surface area contributed by atoms with Crippen molar-refractivity contribution in [3.8, 4) is 0 Å². The van der Waals surface area contributed by atoms with Crippen molar-refractivity contribution in [2.24, 2.45) is 5.41 Å². The standard InChI is InChI=1S/C32H42O7/c33-25-32(26-37-19-16-34-22-29-10-4-1-5-11-29,27-38-20-17-35-23-30-12-6-2-7-13-30)28-39-21-18-36-24-31-14-8-3-9-15-31/h1-15,33H,16-28H2. The summed E-state index contributed by atoms with van der Waals surface area (Å²) in [7, 11) is 0. The molecule has 0 fully saturated rings. The topological polar surface area (TPSA) is 75.6 Å². The third-order valence-corrected chi connectivity index (χ3v) is 6.01. The highest BCUT2D eigenvalue weighted by Crippen LogP contribution is 2.19.